The number of thiophene rings is 1. The number of nitrogens with one attached hydrogen (secondary N) is 1. The first kappa shape index (κ1) is 28.5. The van der Waals surface area contributed by atoms with Crippen LogP contribution >= 0.6 is 11.3 Å². The number of carbonyl (C=O) groups excluding carboxylic acids is 2. The summed E-state index contributed by atoms with van der Waals surface area (Å²) in [6, 6.07) is 18.2. The summed E-state index contributed by atoms with van der Waals surface area (Å²) in [5.41, 5.74) is 1.99. The van der Waals surface area contributed by atoms with E-state index in [0.29, 0.717) is 55.2 Å². The molecule has 0 spiro atoms. The van der Waals surface area contributed by atoms with E-state index in [2.05, 4.69) is 11.4 Å². The highest BCUT2D eigenvalue weighted by Crippen LogP contribution is 2.28. The molecule has 0 aliphatic carbocycles. The van der Waals surface area contributed by atoms with Gasteiger partial charge in [0.05, 0.1) is 32.4 Å². The summed E-state index contributed by atoms with van der Waals surface area (Å²) in [5, 5.41) is 12.0. The Morgan fingerprint density at radius 1 is 1.00 bits per heavy atom. The van der Waals surface area contributed by atoms with Crippen LogP contribution in [0, 0.1) is 18.3 Å². The zero-order valence-corrected chi connectivity index (χ0v) is 23.1. The highest BCUT2D eigenvalue weighted by Gasteiger charge is 2.22. The van der Waals surface area contributed by atoms with Gasteiger partial charge in [0.2, 0.25) is 5.91 Å². The molecule has 0 saturated heterocycles. The first-order valence-corrected chi connectivity index (χ1v) is 13.3. The van der Waals surface area contributed by atoms with Crippen LogP contribution in [0.3, 0.4) is 0 Å². The molecule has 3 amide bonds. The summed E-state index contributed by atoms with van der Waals surface area (Å²) in [4.78, 5) is 32.2. The van der Waals surface area contributed by atoms with Crippen LogP contribution in [0.4, 0.5) is 10.5 Å². The number of ether oxygens (including phenoxy) is 2. The number of aryl methyl sites for hydroxylation is 1. The third kappa shape index (κ3) is 7.98. The molecule has 8 nitrogen and oxygen atoms in total. The number of amides is 3. The van der Waals surface area contributed by atoms with Crippen molar-refractivity contribution in [3.05, 3.63) is 75.5 Å². The zero-order valence-electron chi connectivity index (χ0n) is 22.3. The van der Waals surface area contributed by atoms with Crippen molar-refractivity contribution in [2.45, 2.75) is 33.2 Å². The van der Waals surface area contributed by atoms with E-state index in [4.69, 9.17) is 14.7 Å². The Hall–Kier alpha value is -4.03. The standard InChI is InChI=1S/C29H34N4O4S/c1-5-14-33(29(35)31-24-8-6-7-23(16-24)18-30)20-28(34)32(19-25-11-9-21(2)38-25)15-13-22-10-12-26(36-3)27(17-22)37-4/h6-12,16-17H,5,13-15,19-20H2,1-4H3,(H,31,35). The average molecular weight is 535 g/mol. The highest BCUT2D eigenvalue weighted by atomic mass is 32.1. The van der Waals surface area contributed by atoms with Crippen molar-refractivity contribution < 1.29 is 19.1 Å². The number of anilines is 1. The van der Waals surface area contributed by atoms with Crippen LogP contribution in [0.1, 0.15) is 34.2 Å². The number of carbonyl (C=O) groups is 2. The Balaban J connectivity index is 1.75. The van der Waals surface area contributed by atoms with Crippen LogP contribution in [0.5, 0.6) is 11.5 Å². The van der Waals surface area contributed by atoms with Gasteiger partial charge in [-0.25, -0.2) is 4.79 Å². The maximum Gasteiger partial charge on any atom is 0.322 e. The molecule has 0 radical (unpaired) electrons. The second kappa shape index (κ2) is 14.1. The average Bonchev–Trinajstić information content (AvgIpc) is 3.34. The summed E-state index contributed by atoms with van der Waals surface area (Å²) < 4.78 is 10.8. The molecule has 1 aromatic heterocycles. The Kier molecular flexibility index (Phi) is 10.6. The number of hydrogen-bond donors (Lipinski definition) is 1. The highest BCUT2D eigenvalue weighted by molar-refractivity contribution is 7.11. The summed E-state index contributed by atoms with van der Waals surface area (Å²) in [6.45, 7) is 5.33. The van der Waals surface area contributed by atoms with Gasteiger partial charge in [-0.15, -0.1) is 11.3 Å². The van der Waals surface area contributed by atoms with Crippen molar-refractivity contribution in [1.29, 1.82) is 5.26 Å². The molecule has 2 aromatic carbocycles. The number of hydrogen-bond acceptors (Lipinski definition) is 6. The minimum Gasteiger partial charge on any atom is -0.493 e. The molecule has 1 N–H and O–H groups in total. The predicted molar refractivity (Wildman–Crippen MR) is 150 cm³/mol. The van der Waals surface area contributed by atoms with Gasteiger partial charge in [0.15, 0.2) is 11.5 Å². The fraction of sp³-hybridized carbons (Fsp3) is 0.345. The van der Waals surface area contributed by atoms with Gasteiger partial charge in [-0.2, -0.15) is 5.26 Å². The van der Waals surface area contributed by atoms with Gasteiger partial charge in [-0.3, -0.25) is 4.79 Å². The lowest BCUT2D eigenvalue weighted by Crippen LogP contribution is -2.45. The Morgan fingerprint density at radius 3 is 2.45 bits per heavy atom. The van der Waals surface area contributed by atoms with Gasteiger partial charge in [0, 0.05) is 28.5 Å². The first-order chi connectivity index (χ1) is 18.4. The number of nitrogens with zero attached hydrogens (tertiary/aromatic N) is 3. The molecule has 0 unspecified atom stereocenters. The summed E-state index contributed by atoms with van der Waals surface area (Å²) >= 11 is 1.66. The van der Waals surface area contributed by atoms with Gasteiger partial charge in [-0.05, 0) is 67.8 Å². The maximum absolute atomic E-state index is 13.6. The number of nitriles is 1. The Morgan fingerprint density at radius 2 is 1.79 bits per heavy atom. The molecular weight excluding hydrogens is 500 g/mol. The van der Waals surface area contributed by atoms with Gasteiger partial charge in [0.25, 0.3) is 0 Å². The van der Waals surface area contributed by atoms with Crippen LogP contribution in [0.25, 0.3) is 0 Å². The van der Waals surface area contributed by atoms with Crippen LogP contribution in [0.15, 0.2) is 54.6 Å². The molecule has 0 saturated carbocycles. The number of benzene rings is 2. The van der Waals surface area contributed by atoms with Crippen molar-refractivity contribution in [3.63, 3.8) is 0 Å². The number of urea groups is 1. The second-order valence-electron chi connectivity index (χ2n) is 8.81. The molecule has 38 heavy (non-hydrogen) atoms. The van der Waals surface area contributed by atoms with E-state index in [1.54, 1.807) is 54.7 Å². The van der Waals surface area contributed by atoms with E-state index in [9.17, 15) is 9.59 Å². The van der Waals surface area contributed by atoms with Gasteiger partial charge < -0.3 is 24.6 Å². The second-order valence-corrected chi connectivity index (χ2v) is 10.2. The summed E-state index contributed by atoms with van der Waals surface area (Å²) in [7, 11) is 3.19. The fourth-order valence-corrected chi connectivity index (χ4v) is 4.91. The molecule has 0 aliphatic heterocycles. The summed E-state index contributed by atoms with van der Waals surface area (Å²) in [5.74, 6) is 1.16. The molecule has 3 rings (SSSR count). The zero-order chi connectivity index (χ0) is 27.5. The topological polar surface area (TPSA) is 94.9 Å². The molecule has 0 atom stereocenters. The molecule has 200 valence electrons. The molecule has 0 fully saturated rings. The van der Waals surface area contributed by atoms with Crippen molar-refractivity contribution in [2.24, 2.45) is 0 Å². The molecule has 3 aromatic rings. The summed E-state index contributed by atoms with van der Waals surface area (Å²) in [6.07, 6.45) is 1.33. The smallest absolute Gasteiger partial charge is 0.322 e. The van der Waals surface area contributed by atoms with E-state index in [-0.39, 0.29) is 18.5 Å². The lowest BCUT2D eigenvalue weighted by Gasteiger charge is -2.27. The van der Waals surface area contributed by atoms with Crippen LogP contribution in [0.2, 0.25) is 0 Å². The molecule has 9 heteroatoms. The molecule has 1 heterocycles. The first-order valence-electron chi connectivity index (χ1n) is 12.5. The van der Waals surface area contributed by atoms with Crippen molar-refractivity contribution in [2.75, 3.05) is 39.2 Å². The van der Waals surface area contributed by atoms with Crippen molar-refractivity contribution in [1.82, 2.24) is 9.80 Å². The molecule has 0 bridgehead atoms. The van der Waals surface area contributed by atoms with Crippen molar-refractivity contribution >= 4 is 29.0 Å². The Bertz CT molecular complexity index is 1280. The minimum absolute atomic E-state index is 0.0477. The monoisotopic (exact) mass is 534 g/mol. The third-order valence-electron chi connectivity index (χ3n) is 5.96. The normalized spacial score (nSPS) is 10.4. The molecule has 0 aliphatic rings. The third-order valence-corrected chi connectivity index (χ3v) is 6.95. The van der Waals surface area contributed by atoms with Gasteiger partial charge in [-0.1, -0.05) is 19.1 Å². The minimum atomic E-state index is -0.373. The quantitative estimate of drug-likeness (QED) is 0.333. The van der Waals surface area contributed by atoms with Crippen LogP contribution < -0.4 is 14.8 Å². The lowest BCUT2D eigenvalue weighted by molar-refractivity contribution is -0.132. The molecular formula is C29H34N4O4S. The van der Waals surface area contributed by atoms with Gasteiger partial charge >= 0.3 is 6.03 Å². The van der Waals surface area contributed by atoms with Crippen LogP contribution in [-0.4, -0.2) is 55.6 Å². The fourth-order valence-electron chi connectivity index (χ4n) is 4.00. The van der Waals surface area contributed by atoms with E-state index >= 15 is 0 Å². The lowest BCUT2D eigenvalue weighted by atomic mass is 10.1. The number of methoxy groups -OCH3 is 2. The van der Waals surface area contributed by atoms with Crippen LogP contribution in [-0.2, 0) is 17.8 Å². The predicted octanol–water partition coefficient (Wildman–Crippen LogP) is 5.46. The van der Waals surface area contributed by atoms with Crippen molar-refractivity contribution in [3.8, 4) is 17.6 Å². The Labute approximate surface area is 228 Å². The van der Waals surface area contributed by atoms with E-state index in [1.807, 2.05) is 44.2 Å². The van der Waals surface area contributed by atoms with E-state index in [0.717, 1.165) is 10.4 Å². The SMILES string of the molecule is CCCN(CC(=O)N(CCc1ccc(OC)c(OC)c1)Cc1ccc(C)s1)C(=O)Nc1cccc(C#N)c1. The maximum atomic E-state index is 13.6. The largest absolute Gasteiger partial charge is 0.493 e. The number of rotatable bonds is 12. The van der Waals surface area contributed by atoms with Gasteiger partial charge in [0.1, 0.15) is 6.54 Å². The van der Waals surface area contributed by atoms with E-state index in [1.165, 1.54) is 9.78 Å². The van der Waals surface area contributed by atoms with E-state index < -0.39 is 0 Å².